The smallest absolute Gasteiger partial charge is 0.270 e. The molecule has 2 heterocycles. The van der Waals surface area contributed by atoms with Crippen molar-refractivity contribution in [2.75, 3.05) is 11.9 Å². The fourth-order valence-corrected chi connectivity index (χ4v) is 2.80. The van der Waals surface area contributed by atoms with E-state index in [0.29, 0.717) is 29.6 Å². The van der Waals surface area contributed by atoms with Crippen molar-refractivity contribution in [1.29, 1.82) is 0 Å². The number of nitrogens with one attached hydrogen (secondary N) is 1. The van der Waals surface area contributed by atoms with Crippen molar-refractivity contribution in [3.8, 4) is 16.5 Å². The van der Waals surface area contributed by atoms with E-state index in [1.807, 2.05) is 18.4 Å². The van der Waals surface area contributed by atoms with Crippen LogP contribution in [0.2, 0.25) is 0 Å². The number of hydrogen-bond acceptors (Lipinski definition) is 6. The van der Waals surface area contributed by atoms with Crippen molar-refractivity contribution in [3.05, 3.63) is 47.1 Å². The van der Waals surface area contributed by atoms with E-state index >= 15 is 0 Å². The Labute approximate surface area is 137 Å². The standard InChI is InChI=1S/C16H15N3O3S/c1-3-21-12-6-4-11(5-7-12)15(20)18-13-8-9-23-14(13)16-17-10(2)19-22-16/h4-9H,3H2,1-2H3,(H,18,20). The zero-order valence-corrected chi connectivity index (χ0v) is 13.5. The molecule has 1 aromatic carbocycles. The normalized spacial score (nSPS) is 10.5. The Hall–Kier alpha value is -2.67. The van der Waals surface area contributed by atoms with Crippen LogP contribution in [0.1, 0.15) is 23.1 Å². The molecule has 0 fully saturated rings. The summed E-state index contributed by atoms with van der Waals surface area (Å²) < 4.78 is 10.5. The van der Waals surface area contributed by atoms with Gasteiger partial charge in [-0.25, -0.2) is 0 Å². The van der Waals surface area contributed by atoms with E-state index in [4.69, 9.17) is 9.26 Å². The Kier molecular flexibility index (Phi) is 4.38. The van der Waals surface area contributed by atoms with E-state index in [1.165, 1.54) is 11.3 Å². The Morgan fingerprint density at radius 1 is 1.30 bits per heavy atom. The van der Waals surface area contributed by atoms with Gasteiger partial charge < -0.3 is 14.6 Å². The van der Waals surface area contributed by atoms with Gasteiger partial charge in [0.25, 0.3) is 11.8 Å². The van der Waals surface area contributed by atoms with Crippen LogP contribution in [-0.2, 0) is 0 Å². The maximum absolute atomic E-state index is 12.4. The van der Waals surface area contributed by atoms with Crippen LogP contribution >= 0.6 is 11.3 Å². The summed E-state index contributed by atoms with van der Waals surface area (Å²) in [5.41, 5.74) is 1.20. The first-order chi connectivity index (χ1) is 11.2. The van der Waals surface area contributed by atoms with Gasteiger partial charge in [-0.15, -0.1) is 11.3 Å². The molecule has 0 atom stereocenters. The van der Waals surface area contributed by atoms with E-state index in [2.05, 4.69) is 15.5 Å². The van der Waals surface area contributed by atoms with Crippen LogP contribution in [0.4, 0.5) is 5.69 Å². The minimum absolute atomic E-state index is 0.205. The summed E-state index contributed by atoms with van der Waals surface area (Å²) >= 11 is 1.43. The number of anilines is 1. The highest BCUT2D eigenvalue weighted by Crippen LogP contribution is 2.32. The molecule has 2 aromatic heterocycles. The third kappa shape index (κ3) is 3.40. The second-order valence-electron chi connectivity index (χ2n) is 4.72. The number of hydrogen-bond donors (Lipinski definition) is 1. The number of aryl methyl sites for hydroxylation is 1. The lowest BCUT2D eigenvalue weighted by atomic mass is 10.2. The molecule has 0 aliphatic heterocycles. The van der Waals surface area contributed by atoms with Gasteiger partial charge in [-0.1, -0.05) is 5.16 Å². The third-order valence-corrected chi connectivity index (χ3v) is 3.97. The van der Waals surface area contributed by atoms with E-state index < -0.39 is 0 Å². The largest absolute Gasteiger partial charge is 0.494 e. The van der Waals surface area contributed by atoms with Gasteiger partial charge in [-0.05, 0) is 49.6 Å². The number of thiophene rings is 1. The molecular weight excluding hydrogens is 314 g/mol. The Balaban J connectivity index is 1.77. The first kappa shape index (κ1) is 15.2. The monoisotopic (exact) mass is 329 g/mol. The van der Waals surface area contributed by atoms with Crippen LogP contribution in [0.5, 0.6) is 5.75 Å². The highest BCUT2D eigenvalue weighted by Gasteiger charge is 2.16. The molecule has 0 spiro atoms. The summed E-state index contributed by atoms with van der Waals surface area (Å²) in [5, 5.41) is 8.50. The van der Waals surface area contributed by atoms with Crippen molar-refractivity contribution in [2.45, 2.75) is 13.8 Å². The number of benzene rings is 1. The third-order valence-electron chi connectivity index (χ3n) is 3.06. The molecular formula is C16H15N3O3S. The second kappa shape index (κ2) is 6.62. The Morgan fingerprint density at radius 3 is 2.74 bits per heavy atom. The quantitative estimate of drug-likeness (QED) is 0.771. The molecule has 0 saturated carbocycles. The second-order valence-corrected chi connectivity index (χ2v) is 5.64. The maximum atomic E-state index is 12.4. The molecule has 0 bridgehead atoms. The molecule has 7 heteroatoms. The first-order valence-electron chi connectivity index (χ1n) is 7.09. The van der Waals surface area contributed by atoms with Gasteiger partial charge in [0.2, 0.25) is 0 Å². The van der Waals surface area contributed by atoms with Crippen LogP contribution in [0, 0.1) is 6.92 Å². The highest BCUT2D eigenvalue weighted by atomic mass is 32.1. The summed E-state index contributed by atoms with van der Waals surface area (Å²) in [6.07, 6.45) is 0. The molecule has 1 amide bonds. The molecule has 6 nitrogen and oxygen atoms in total. The van der Waals surface area contributed by atoms with E-state index in [1.54, 1.807) is 31.2 Å². The van der Waals surface area contributed by atoms with Crippen molar-refractivity contribution in [3.63, 3.8) is 0 Å². The number of aromatic nitrogens is 2. The number of carbonyl (C=O) groups excluding carboxylic acids is 1. The van der Waals surface area contributed by atoms with Gasteiger partial charge in [0.1, 0.15) is 10.6 Å². The molecule has 3 rings (SSSR count). The van der Waals surface area contributed by atoms with Crippen molar-refractivity contribution >= 4 is 22.9 Å². The molecule has 0 radical (unpaired) electrons. The van der Waals surface area contributed by atoms with Crippen molar-refractivity contribution in [1.82, 2.24) is 10.1 Å². The van der Waals surface area contributed by atoms with Crippen LogP contribution in [0.3, 0.4) is 0 Å². The number of ether oxygens (including phenoxy) is 1. The maximum Gasteiger partial charge on any atom is 0.270 e. The summed E-state index contributed by atoms with van der Waals surface area (Å²) in [6.45, 7) is 4.25. The summed E-state index contributed by atoms with van der Waals surface area (Å²) in [6, 6.07) is 8.81. The van der Waals surface area contributed by atoms with Crippen LogP contribution < -0.4 is 10.1 Å². The molecule has 1 N–H and O–H groups in total. The molecule has 0 aliphatic rings. The number of carbonyl (C=O) groups is 1. The van der Waals surface area contributed by atoms with Crippen LogP contribution in [0.25, 0.3) is 10.8 Å². The van der Waals surface area contributed by atoms with Crippen molar-refractivity contribution < 1.29 is 14.1 Å². The fourth-order valence-electron chi connectivity index (χ4n) is 2.03. The molecule has 3 aromatic rings. The zero-order chi connectivity index (χ0) is 16.2. The summed E-state index contributed by atoms with van der Waals surface area (Å²) in [4.78, 5) is 17.3. The number of amides is 1. The number of nitrogens with zero attached hydrogens (tertiary/aromatic N) is 2. The molecule has 0 unspecified atom stereocenters. The highest BCUT2D eigenvalue weighted by molar-refractivity contribution is 7.14. The average Bonchev–Trinajstić information content (AvgIpc) is 3.17. The Morgan fingerprint density at radius 2 is 2.09 bits per heavy atom. The predicted octanol–water partition coefficient (Wildman–Crippen LogP) is 3.76. The molecule has 118 valence electrons. The molecule has 23 heavy (non-hydrogen) atoms. The summed E-state index contributed by atoms with van der Waals surface area (Å²) in [7, 11) is 0. The van der Waals surface area contributed by atoms with Gasteiger partial charge in [0.15, 0.2) is 5.82 Å². The lowest BCUT2D eigenvalue weighted by Gasteiger charge is -2.06. The van der Waals surface area contributed by atoms with Crippen molar-refractivity contribution in [2.24, 2.45) is 0 Å². The average molecular weight is 329 g/mol. The lowest BCUT2D eigenvalue weighted by molar-refractivity contribution is 0.102. The van der Waals surface area contributed by atoms with Gasteiger partial charge >= 0.3 is 0 Å². The number of rotatable bonds is 5. The first-order valence-corrected chi connectivity index (χ1v) is 7.97. The Bertz CT molecular complexity index is 808. The van der Waals surface area contributed by atoms with Crippen LogP contribution in [-0.4, -0.2) is 22.7 Å². The topological polar surface area (TPSA) is 77.2 Å². The SMILES string of the molecule is CCOc1ccc(C(=O)Nc2ccsc2-c2nc(C)no2)cc1. The van der Waals surface area contributed by atoms with E-state index in [-0.39, 0.29) is 5.91 Å². The minimum atomic E-state index is -0.205. The van der Waals surface area contributed by atoms with Gasteiger partial charge in [0.05, 0.1) is 12.3 Å². The van der Waals surface area contributed by atoms with Gasteiger partial charge in [-0.2, -0.15) is 4.98 Å². The van der Waals surface area contributed by atoms with E-state index in [9.17, 15) is 4.79 Å². The lowest BCUT2D eigenvalue weighted by Crippen LogP contribution is -2.11. The van der Waals surface area contributed by atoms with Crippen LogP contribution in [0.15, 0.2) is 40.2 Å². The van der Waals surface area contributed by atoms with E-state index in [0.717, 1.165) is 10.6 Å². The fraction of sp³-hybridized carbons (Fsp3) is 0.188. The molecule has 0 saturated heterocycles. The minimum Gasteiger partial charge on any atom is -0.494 e. The zero-order valence-electron chi connectivity index (χ0n) is 12.7. The van der Waals surface area contributed by atoms with Gasteiger partial charge in [-0.3, -0.25) is 4.79 Å². The van der Waals surface area contributed by atoms with Gasteiger partial charge in [0, 0.05) is 5.56 Å². The molecule has 0 aliphatic carbocycles. The summed E-state index contributed by atoms with van der Waals surface area (Å²) in [5.74, 6) is 1.49. The predicted molar refractivity (Wildman–Crippen MR) is 87.9 cm³/mol.